The maximum Gasteiger partial charge on any atom is 0.237 e. The monoisotopic (exact) mass is 279 g/mol. The van der Waals surface area contributed by atoms with Gasteiger partial charge in [-0.05, 0) is 31.0 Å². The topological polar surface area (TPSA) is 37.4 Å². The number of carbonyl (C=O) groups is 2. The second-order valence-electron chi connectivity index (χ2n) is 5.49. The third-order valence-electron chi connectivity index (χ3n) is 3.86. The molecule has 1 saturated heterocycles. The Hall–Kier alpha value is -2.42. The van der Waals surface area contributed by atoms with Gasteiger partial charge in [0.1, 0.15) is 0 Å². The van der Waals surface area contributed by atoms with E-state index in [-0.39, 0.29) is 17.7 Å². The van der Waals surface area contributed by atoms with Gasteiger partial charge in [0.15, 0.2) is 0 Å². The Balaban J connectivity index is 1.80. The minimum atomic E-state index is -0.249. The molecule has 0 saturated carbocycles. The summed E-state index contributed by atoms with van der Waals surface area (Å²) in [4.78, 5) is 26.0. The lowest BCUT2D eigenvalue weighted by Crippen LogP contribution is -2.30. The Bertz CT molecular complexity index is 661. The van der Waals surface area contributed by atoms with Crippen LogP contribution in [0.25, 0.3) is 0 Å². The maximum atomic E-state index is 12.5. The van der Waals surface area contributed by atoms with Crippen molar-refractivity contribution in [2.45, 2.75) is 19.8 Å². The minimum Gasteiger partial charge on any atom is -0.274 e. The standard InChI is InChI=1S/C18H17NO2/c1-13-7-9-16(10-8-13)19-17(20)12-15(18(19)21)11-14-5-3-2-4-6-14/h2-10,15H,11-12H2,1H3. The second-order valence-corrected chi connectivity index (χ2v) is 5.49. The highest BCUT2D eigenvalue weighted by Crippen LogP contribution is 2.28. The van der Waals surface area contributed by atoms with Crippen LogP contribution in [0.2, 0.25) is 0 Å². The van der Waals surface area contributed by atoms with Crippen molar-refractivity contribution in [1.82, 2.24) is 0 Å². The average molecular weight is 279 g/mol. The van der Waals surface area contributed by atoms with Gasteiger partial charge < -0.3 is 0 Å². The predicted octanol–water partition coefficient (Wildman–Crippen LogP) is 3.12. The lowest BCUT2D eigenvalue weighted by molar-refractivity contribution is -0.122. The molecule has 2 amide bonds. The van der Waals surface area contributed by atoms with Crippen LogP contribution >= 0.6 is 0 Å². The second kappa shape index (κ2) is 5.52. The van der Waals surface area contributed by atoms with Crippen LogP contribution in [-0.2, 0) is 16.0 Å². The number of anilines is 1. The number of imide groups is 1. The molecule has 0 bridgehead atoms. The molecule has 0 aliphatic carbocycles. The van der Waals surface area contributed by atoms with E-state index in [0.29, 0.717) is 18.5 Å². The first-order valence-corrected chi connectivity index (χ1v) is 7.12. The first-order chi connectivity index (χ1) is 10.1. The molecule has 2 aromatic carbocycles. The fourth-order valence-corrected chi connectivity index (χ4v) is 2.72. The highest BCUT2D eigenvalue weighted by Gasteiger charge is 2.39. The van der Waals surface area contributed by atoms with Gasteiger partial charge in [0, 0.05) is 6.42 Å². The average Bonchev–Trinajstić information content (AvgIpc) is 2.76. The lowest BCUT2D eigenvalue weighted by atomic mass is 9.98. The smallest absolute Gasteiger partial charge is 0.237 e. The molecule has 2 aromatic rings. The molecule has 21 heavy (non-hydrogen) atoms. The zero-order valence-electron chi connectivity index (χ0n) is 12.0. The Morgan fingerprint density at radius 1 is 1.00 bits per heavy atom. The van der Waals surface area contributed by atoms with Gasteiger partial charge >= 0.3 is 0 Å². The Kier molecular flexibility index (Phi) is 3.57. The Labute approximate surface area is 124 Å². The van der Waals surface area contributed by atoms with Crippen LogP contribution in [0.5, 0.6) is 0 Å². The lowest BCUT2D eigenvalue weighted by Gasteiger charge is -2.15. The van der Waals surface area contributed by atoms with Crippen LogP contribution in [0.4, 0.5) is 5.69 Å². The van der Waals surface area contributed by atoms with Crippen LogP contribution < -0.4 is 4.90 Å². The molecule has 0 radical (unpaired) electrons. The zero-order chi connectivity index (χ0) is 14.8. The number of rotatable bonds is 3. The van der Waals surface area contributed by atoms with E-state index in [1.165, 1.54) is 4.90 Å². The highest BCUT2D eigenvalue weighted by molar-refractivity contribution is 6.20. The molecule has 0 aromatic heterocycles. The number of hydrogen-bond donors (Lipinski definition) is 0. The summed E-state index contributed by atoms with van der Waals surface area (Å²) in [7, 11) is 0. The van der Waals surface area contributed by atoms with E-state index in [1.54, 1.807) is 0 Å². The molecule has 0 spiro atoms. The van der Waals surface area contributed by atoms with Crippen molar-refractivity contribution in [3.8, 4) is 0 Å². The van der Waals surface area contributed by atoms with Gasteiger partial charge in [-0.25, -0.2) is 0 Å². The van der Waals surface area contributed by atoms with Gasteiger partial charge in [-0.15, -0.1) is 0 Å². The molecule has 106 valence electrons. The third kappa shape index (κ3) is 2.72. The van der Waals surface area contributed by atoms with Gasteiger partial charge in [0.25, 0.3) is 0 Å². The van der Waals surface area contributed by atoms with E-state index in [9.17, 15) is 9.59 Å². The highest BCUT2D eigenvalue weighted by atomic mass is 16.2. The summed E-state index contributed by atoms with van der Waals surface area (Å²) in [6.07, 6.45) is 0.912. The van der Waals surface area contributed by atoms with Gasteiger partial charge in [-0.1, -0.05) is 48.0 Å². The molecule has 1 heterocycles. The number of carbonyl (C=O) groups excluding carboxylic acids is 2. The molecule has 1 atom stereocenters. The molecule has 1 fully saturated rings. The molecule has 1 aliphatic rings. The van der Waals surface area contributed by atoms with Crippen LogP contribution in [0.1, 0.15) is 17.5 Å². The van der Waals surface area contributed by atoms with Crippen LogP contribution in [0.15, 0.2) is 54.6 Å². The van der Waals surface area contributed by atoms with E-state index in [4.69, 9.17) is 0 Å². The molecule has 3 heteroatoms. The van der Waals surface area contributed by atoms with Gasteiger partial charge in [0.05, 0.1) is 11.6 Å². The summed E-state index contributed by atoms with van der Waals surface area (Å²) in [6.45, 7) is 1.98. The normalized spacial score (nSPS) is 18.3. The minimum absolute atomic E-state index is 0.0901. The van der Waals surface area contributed by atoms with Crippen LogP contribution in [-0.4, -0.2) is 11.8 Å². The molecule has 1 unspecified atom stereocenters. The fourth-order valence-electron chi connectivity index (χ4n) is 2.72. The summed E-state index contributed by atoms with van der Waals surface area (Å²) >= 11 is 0. The molecule has 3 rings (SSSR count). The molecule has 0 N–H and O–H groups in total. The van der Waals surface area contributed by atoms with Gasteiger partial charge in [0.2, 0.25) is 11.8 Å². The Morgan fingerprint density at radius 3 is 2.33 bits per heavy atom. The molecular formula is C18H17NO2. The van der Waals surface area contributed by atoms with Crippen molar-refractivity contribution >= 4 is 17.5 Å². The number of aryl methyl sites for hydroxylation is 1. The largest absolute Gasteiger partial charge is 0.274 e. The van der Waals surface area contributed by atoms with Gasteiger partial charge in [-0.2, -0.15) is 0 Å². The van der Waals surface area contributed by atoms with Crippen molar-refractivity contribution in [3.05, 3.63) is 65.7 Å². The zero-order valence-corrected chi connectivity index (χ0v) is 12.0. The van der Waals surface area contributed by atoms with E-state index in [1.807, 2.05) is 61.5 Å². The molecular weight excluding hydrogens is 262 g/mol. The van der Waals surface area contributed by atoms with Gasteiger partial charge in [-0.3, -0.25) is 14.5 Å². The van der Waals surface area contributed by atoms with Crippen molar-refractivity contribution in [2.24, 2.45) is 5.92 Å². The third-order valence-corrected chi connectivity index (χ3v) is 3.86. The molecule has 1 aliphatic heterocycles. The first-order valence-electron chi connectivity index (χ1n) is 7.12. The summed E-state index contributed by atoms with van der Waals surface area (Å²) in [5.74, 6) is -0.446. The van der Waals surface area contributed by atoms with E-state index >= 15 is 0 Å². The van der Waals surface area contributed by atoms with E-state index in [2.05, 4.69) is 0 Å². The number of benzene rings is 2. The predicted molar refractivity (Wildman–Crippen MR) is 81.9 cm³/mol. The number of nitrogens with zero attached hydrogens (tertiary/aromatic N) is 1. The van der Waals surface area contributed by atoms with Crippen molar-refractivity contribution in [3.63, 3.8) is 0 Å². The number of hydrogen-bond acceptors (Lipinski definition) is 2. The summed E-state index contributed by atoms with van der Waals surface area (Å²) in [5.41, 5.74) is 2.87. The first kappa shape index (κ1) is 13.6. The summed E-state index contributed by atoms with van der Waals surface area (Å²) in [5, 5.41) is 0. The summed E-state index contributed by atoms with van der Waals surface area (Å²) in [6, 6.07) is 17.3. The summed E-state index contributed by atoms with van der Waals surface area (Å²) < 4.78 is 0. The fraction of sp³-hybridized carbons (Fsp3) is 0.222. The molecule has 3 nitrogen and oxygen atoms in total. The van der Waals surface area contributed by atoms with E-state index < -0.39 is 0 Å². The Morgan fingerprint density at radius 2 is 1.67 bits per heavy atom. The van der Waals surface area contributed by atoms with Crippen LogP contribution in [0, 0.1) is 12.8 Å². The van der Waals surface area contributed by atoms with E-state index in [0.717, 1.165) is 11.1 Å². The maximum absolute atomic E-state index is 12.5. The van der Waals surface area contributed by atoms with Crippen LogP contribution in [0.3, 0.4) is 0 Å². The quantitative estimate of drug-likeness (QED) is 0.810. The van der Waals surface area contributed by atoms with Crippen molar-refractivity contribution in [1.29, 1.82) is 0 Å². The van der Waals surface area contributed by atoms with Crippen molar-refractivity contribution < 1.29 is 9.59 Å². The van der Waals surface area contributed by atoms with Crippen molar-refractivity contribution in [2.75, 3.05) is 4.90 Å². The number of amides is 2. The SMILES string of the molecule is Cc1ccc(N2C(=O)CC(Cc3ccccc3)C2=O)cc1.